The van der Waals surface area contributed by atoms with Crippen LogP contribution in [0.5, 0.6) is 5.75 Å². The predicted molar refractivity (Wildman–Crippen MR) is 170 cm³/mol. The fourth-order valence-corrected chi connectivity index (χ4v) is 5.99. The van der Waals surface area contributed by atoms with Gasteiger partial charge in [0, 0.05) is 17.8 Å². The van der Waals surface area contributed by atoms with Crippen LogP contribution in [-0.4, -0.2) is 40.4 Å². The second-order valence-corrected chi connectivity index (χ2v) is 13.1. The zero-order valence-corrected chi connectivity index (χ0v) is 25.9. The minimum atomic E-state index is -0.503. The number of ether oxygens (including phenoxy) is 2. The minimum Gasteiger partial charge on any atom is -0.492 e. The van der Waals surface area contributed by atoms with Crippen molar-refractivity contribution < 1.29 is 14.3 Å². The van der Waals surface area contributed by atoms with E-state index in [4.69, 9.17) is 19.4 Å². The highest BCUT2D eigenvalue weighted by molar-refractivity contribution is 5.95. The molecule has 0 saturated heterocycles. The molecule has 0 radical (unpaired) electrons. The van der Waals surface area contributed by atoms with Gasteiger partial charge in [-0.15, -0.1) is 0 Å². The molecule has 0 unspecified atom stereocenters. The van der Waals surface area contributed by atoms with Crippen LogP contribution in [0.4, 0.5) is 22.2 Å². The summed E-state index contributed by atoms with van der Waals surface area (Å²) in [6.45, 7) is 10.6. The van der Waals surface area contributed by atoms with Crippen LogP contribution in [0.25, 0.3) is 10.9 Å². The van der Waals surface area contributed by atoms with Gasteiger partial charge in [-0.2, -0.15) is 4.98 Å². The number of fused-ring (bicyclic) bond motifs is 1. The third kappa shape index (κ3) is 8.05. The molecule has 1 amide bonds. The zero-order chi connectivity index (χ0) is 29.7. The van der Waals surface area contributed by atoms with Crippen LogP contribution >= 0.6 is 0 Å². The predicted octanol–water partition coefficient (Wildman–Crippen LogP) is 8.20. The molecule has 226 valence electrons. The highest BCUT2D eigenvalue weighted by Crippen LogP contribution is 2.35. The topological polar surface area (TPSA) is 97.4 Å². The monoisotopic (exact) mass is 573 g/mol. The molecular formula is C34H47N5O3. The number of nitrogens with zero attached hydrogens (tertiary/aromatic N) is 2. The van der Waals surface area contributed by atoms with Crippen LogP contribution in [-0.2, 0) is 4.74 Å². The molecule has 0 bridgehead atoms. The number of amides is 1. The Hall–Kier alpha value is -3.55. The summed E-state index contributed by atoms with van der Waals surface area (Å²) in [5.74, 6) is 2.77. The van der Waals surface area contributed by atoms with Crippen molar-refractivity contribution >= 4 is 34.4 Å². The van der Waals surface area contributed by atoms with Gasteiger partial charge in [0.15, 0.2) is 0 Å². The summed E-state index contributed by atoms with van der Waals surface area (Å²) in [6, 6.07) is 12.7. The van der Waals surface area contributed by atoms with Crippen LogP contribution in [0.3, 0.4) is 0 Å². The molecule has 0 atom stereocenters. The average molecular weight is 574 g/mol. The Bertz CT molecular complexity index is 1370. The van der Waals surface area contributed by atoms with Crippen molar-refractivity contribution in [2.45, 2.75) is 110 Å². The molecule has 3 N–H and O–H groups in total. The van der Waals surface area contributed by atoms with Gasteiger partial charge in [-0.3, -0.25) is 0 Å². The van der Waals surface area contributed by atoms with E-state index in [0.717, 1.165) is 60.4 Å². The molecule has 5 rings (SSSR count). The van der Waals surface area contributed by atoms with E-state index in [1.807, 2.05) is 39.0 Å². The lowest BCUT2D eigenvalue weighted by atomic mass is 9.90. The molecule has 2 aromatic carbocycles. The lowest BCUT2D eigenvalue weighted by Crippen LogP contribution is -2.42. The second kappa shape index (κ2) is 13.2. The van der Waals surface area contributed by atoms with Gasteiger partial charge in [0.25, 0.3) is 0 Å². The molecule has 2 aliphatic carbocycles. The number of nitrogens with one attached hydrogen (secondary N) is 3. The number of hydrogen-bond acceptors (Lipinski definition) is 7. The van der Waals surface area contributed by atoms with E-state index in [9.17, 15) is 4.79 Å². The number of benzene rings is 2. The maximum absolute atomic E-state index is 12.3. The van der Waals surface area contributed by atoms with Gasteiger partial charge in [-0.1, -0.05) is 31.4 Å². The van der Waals surface area contributed by atoms with Crippen molar-refractivity contribution in [1.29, 1.82) is 0 Å². The molecule has 0 aliphatic heterocycles. The Morgan fingerprint density at radius 1 is 0.905 bits per heavy atom. The van der Waals surface area contributed by atoms with Gasteiger partial charge < -0.3 is 25.4 Å². The van der Waals surface area contributed by atoms with Crippen molar-refractivity contribution in [2.24, 2.45) is 5.92 Å². The molecular weight excluding hydrogens is 526 g/mol. The maximum atomic E-state index is 12.3. The number of hydrogen-bond donors (Lipinski definition) is 3. The zero-order valence-electron chi connectivity index (χ0n) is 25.9. The SMILES string of the molecule is Cc1ccc(Nc2nc(NC3CCC(NC(=O)OC(C)(C)C)CC3)c3c(OCC4CCCCC4)cccc3n2)cc1C. The van der Waals surface area contributed by atoms with Crippen molar-refractivity contribution in [1.82, 2.24) is 15.3 Å². The van der Waals surface area contributed by atoms with Gasteiger partial charge >= 0.3 is 6.09 Å². The number of rotatable bonds is 8. The highest BCUT2D eigenvalue weighted by Gasteiger charge is 2.26. The molecule has 2 fully saturated rings. The molecule has 8 nitrogen and oxygen atoms in total. The minimum absolute atomic E-state index is 0.108. The summed E-state index contributed by atoms with van der Waals surface area (Å²) in [7, 11) is 0. The Labute approximate surface area is 250 Å². The molecule has 1 heterocycles. The second-order valence-electron chi connectivity index (χ2n) is 13.1. The van der Waals surface area contributed by atoms with E-state index in [-0.39, 0.29) is 18.2 Å². The largest absolute Gasteiger partial charge is 0.492 e. The van der Waals surface area contributed by atoms with Crippen LogP contribution in [0, 0.1) is 19.8 Å². The molecule has 1 aromatic heterocycles. The number of aromatic nitrogens is 2. The molecule has 3 aromatic rings. The molecule has 2 saturated carbocycles. The van der Waals surface area contributed by atoms with E-state index in [2.05, 4.69) is 48.0 Å². The van der Waals surface area contributed by atoms with Gasteiger partial charge in [0.2, 0.25) is 5.95 Å². The third-order valence-electron chi connectivity index (χ3n) is 8.44. The normalized spacial score (nSPS) is 19.7. The highest BCUT2D eigenvalue weighted by atomic mass is 16.6. The Kier molecular flexibility index (Phi) is 9.39. The number of anilines is 3. The number of carbonyl (C=O) groups excluding carboxylic acids is 1. The van der Waals surface area contributed by atoms with Crippen LogP contribution in [0.15, 0.2) is 36.4 Å². The van der Waals surface area contributed by atoms with E-state index in [1.54, 1.807) is 0 Å². The summed E-state index contributed by atoms with van der Waals surface area (Å²) in [5, 5.41) is 11.1. The van der Waals surface area contributed by atoms with Crippen molar-refractivity contribution in [2.75, 3.05) is 17.2 Å². The first kappa shape index (κ1) is 29.9. The molecule has 8 heteroatoms. The number of alkyl carbamates (subject to hydrolysis) is 1. The van der Waals surface area contributed by atoms with Crippen molar-refractivity contribution in [3.63, 3.8) is 0 Å². The molecule has 2 aliphatic rings. The Balaban J connectivity index is 1.35. The summed E-state index contributed by atoms with van der Waals surface area (Å²) in [6.07, 6.45) is 9.61. The summed E-state index contributed by atoms with van der Waals surface area (Å²) in [4.78, 5) is 22.2. The van der Waals surface area contributed by atoms with E-state index in [0.29, 0.717) is 11.9 Å². The lowest BCUT2D eigenvalue weighted by molar-refractivity contribution is 0.0492. The van der Waals surface area contributed by atoms with Crippen molar-refractivity contribution in [3.05, 3.63) is 47.5 Å². The van der Waals surface area contributed by atoms with Crippen LogP contribution in [0.1, 0.15) is 89.7 Å². The van der Waals surface area contributed by atoms with Gasteiger partial charge in [0.05, 0.1) is 17.5 Å². The first-order valence-electron chi connectivity index (χ1n) is 15.7. The summed E-state index contributed by atoms with van der Waals surface area (Å²) >= 11 is 0. The fraction of sp³-hybridized carbons (Fsp3) is 0.559. The molecule has 0 spiro atoms. The van der Waals surface area contributed by atoms with Gasteiger partial charge in [0.1, 0.15) is 17.2 Å². The first-order valence-corrected chi connectivity index (χ1v) is 15.7. The lowest BCUT2D eigenvalue weighted by Gasteiger charge is -2.31. The molecule has 42 heavy (non-hydrogen) atoms. The number of carbonyl (C=O) groups is 1. The first-order chi connectivity index (χ1) is 20.1. The fourth-order valence-electron chi connectivity index (χ4n) is 5.99. The summed E-state index contributed by atoms with van der Waals surface area (Å²) < 4.78 is 11.9. The standard InChI is InChI=1S/C34H47N5O3/c1-22-14-15-27(20-23(22)2)36-32-38-28-12-9-13-29(41-21-24-10-7-6-8-11-24)30(28)31(39-32)35-25-16-18-26(19-17-25)37-33(40)42-34(3,4)5/h9,12-15,20,24-26H,6-8,10-11,16-19,21H2,1-5H3,(H,37,40)(H2,35,36,38,39). The van der Waals surface area contributed by atoms with Crippen LogP contribution in [0.2, 0.25) is 0 Å². The number of aryl methyl sites for hydroxylation is 2. The van der Waals surface area contributed by atoms with E-state index in [1.165, 1.54) is 43.2 Å². The third-order valence-corrected chi connectivity index (χ3v) is 8.44. The van der Waals surface area contributed by atoms with Crippen molar-refractivity contribution in [3.8, 4) is 5.75 Å². The van der Waals surface area contributed by atoms with E-state index >= 15 is 0 Å². The smallest absolute Gasteiger partial charge is 0.407 e. The van der Waals surface area contributed by atoms with Gasteiger partial charge in [-0.25, -0.2) is 9.78 Å². The quantitative estimate of drug-likeness (QED) is 0.250. The average Bonchev–Trinajstić information content (AvgIpc) is 2.94. The summed E-state index contributed by atoms with van der Waals surface area (Å²) in [5.41, 5.74) is 3.77. The van der Waals surface area contributed by atoms with Crippen LogP contribution < -0.4 is 20.7 Å². The van der Waals surface area contributed by atoms with Gasteiger partial charge in [-0.05, 0) is 114 Å². The maximum Gasteiger partial charge on any atom is 0.407 e. The van der Waals surface area contributed by atoms with E-state index < -0.39 is 5.60 Å². The Morgan fingerprint density at radius 2 is 1.64 bits per heavy atom. The Morgan fingerprint density at radius 3 is 2.36 bits per heavy atom.